The van der Waals surface area contributed by atoms with Gasteiger partial charge in [0.15, 0.2) is 11.0 Å². The Labute approximate surface area is 87.0 Å². The lowest BCUT2D eigenvalue weighted by atomic mass is 10.0. The lowest BCUT2D eigenvalue weighted by molar-refractivity contribution is 0.494. The summed E-state index contributed by atoms with van der Waals surface area (Å²) in [6, 6.07) is 0. The summed E-state index contributed by atoms with van der Waals surface area (Å²) in [5, 5.41) is 0.548. The maximum absolute atomic E-state index is 5.91. The zero-order valence-electron chi connectivity index (χ0n) is 7.70. The third-order valence-corrected chi connectivity index (χ3v) is 3.59. The van der Waals surface area contributed by atoms with Crippen molar-refractivity contribution in [3.8, 4) is 0 Å². The van der Waals surface area contributed by atoms with Crippen molar-refractivity contribution in [2.45, 2.75) is 13.8 Å². The summed E-state index contributed by atoms with van der Waals surface area (Å²) in [6.07, 6.45) is 0. The highest BCUT2D eigenvalue weighted by atomic mass is 35.5. The van der Waals surface area contributed by atoms with E-state index in [1.807, 2.05) is 0 Å². The van der Waals surface area contributed by atoms with Crippen LogP contribution in [0.3, 0.4) is 0 Å². The lowest BCUT2D eigenvalue weighted by Crippen LogP contribution is -2.20. The Morgan fingerprint density at radius 3 is 2.38 bits per heavy atom. The van der Waals surface area contributed by atoms with Gasteiger partial charge in [0.05, 0.1) is 11.7 Å². The van der Waals surface area contributed by atoms with Crippen LogP contribution in [0.15, 0.2) is 0 Å². The Hall–Kier alpha value is -0.350. The molecule has 0 aromatic carbocycles. The Balaban J connectivity index is 2.16. The summed E-state index contributed by atoms with van der Waals surface area (Å²) in [5.41, 5.74) is 0. The van der Waals surface area contributed by atoms with E-state index >= 15 is 0 Å². The number of anilines is 1. The van der Waals surface area contributed by atoms with Gasteiger partial charge in [-0.15, -0.1) is 0 Å². The molecule has 0 spiro atoms. The first-order chi connectivity index (χ1) is 6.18. The van der Waals surface area contributed by atoms with Crippen molar-refractivity contribution in [3.05, 3.63) is 5.15 Å². The minimum absolute atomic E-state index is 0.548. The van der Waals surface area contributed by atoms with Gasteiger partial charge in [0, 0.05) is 13.1 Å². The van der Waals surface area contributed by atoms with Gasteiger partial charge in [-0.1, -0.05) is 25.4 Å². The van der Waals surface area contributed by atoms with E-state index in [0.717, 1.165) is 30.7 Å². The smallest absolute Gasteiger partial charge is 0.187 e. The van der Waals surface area contributed by atoms with Gasteiger partial charge in [-0.05, 0) is 11.8 Å². The lowest BCUT2D eigenvalue weighted by Gasteiger charge is -2.13. The second-order valence-electron chi connectivity index (χ2n) is 3.74. The van der Waals surface area contributed by atoms with Crippen LogP contribution in [0.1, 0.15) is 13.8 Å². The summed E-state index contributed by atoms with van der Waals surface area (Å²) in [4.78, 5) is 2.22. The van der Waals surface area contributed by atoms with Crippen LogP contribution in [-0.2, 0) is 0 Å². The number of aromatic nitrogens is 2. The minimum atomic E-state index is 0.548. The van der Waals surface area contributed by atoms with E-state index in [4.69, 9.17) is 11.6 Å². The molecule has 2 heterocycles. The zero-order valence-corrected chi connectivity index (χ0v) is 9.27. The maximum Gasteiger partial charge on any atom is 0.187 e. The van der Waals surface area contributed by atoms with Crippen LogP contribution in [0.25, 0.3) is 0 Å². The highest BCUT2D eigenvalue weighted by Crippen LogP contribution is 2.30. The van der Waals surface area contributed by atoms with E-state index in [2.05, 4.69) is 27.5 Å². The van der Waals surface area contributed by atoms with Crippen LogP contribution in [0, 0.1) is 11.8 Å². The molecule has 1 aromatic heterocycles. The molecule has 13 heavy (non-hydrogen) atoms. The molecule has 0 N–H and O–H groups in total. The Kier molecular flexibility index (Phi) is 2.43. The van der Waals surface area contributed by atoms with Crippen LogP contribution in [0.5, 0.6) is 0 Å². The van der Waals surface area contributed by atoms with Crippen LogP contribution >= 0.6 is 23.3 Å². The van der Waals surface area contributed by atoms with Crippen molar-refractivity contribution >= 4 is 29.1 Å². The van der Waals surface area contributed by atoms with Crippen molar-refractivity contribution in [2.75, 3.05) is 18.0 Å². The van der Waals surface area contributed by atoms with Gasteiger partial charge in [0.25, 0.3) is 0 Å². The first-order valence-electron chi connectivity index (χ1n) is 4.41. The molecule has 0 saturated carbocycles. The number of hydrogen-bond acceptors (Lipinski definition) is 4. The largest absolute Gasteiger partial charge is 0.353 e. The van der Waals surface area contributed by atoms with Gasteiger partial charge in [-0.25, -0.2) is 0 Å². The third kappa shape index (κ3) is 1.65. The van der Waals surface area contributed by atoms with Crippen LogP contribution < -0.4 is 4.90 Å². The fourth-order valence-electron chi connectivity index (χ4n) is 1.66. The molecule has 2 rings (SSSR count). The SMILES string of the molecule is CC1CN(c2nsnc2Cl)CC1C. The monoisotopic (exact) mass is 217 g/mol. The summed E-state index contributed by atoms with van der Waals surface area (Å²) in [6.45, 7) is 6.62. The highest BCUT2D eigenvalue weighted by molar-refractivity contribution is 6.99. The quantitative estimate of drug-likeness (QED) is 0.723. The molecule has 5 heteroatoms. The molecule has 1 aliphatic rings. The van der Waals surface area contributed by atoms with Crippen LogP contribution in [0.4, 0.5) is 5.82 Å². The number of nitrogens with zero attached hydrogens (tertiary/aromatic N) is 3. The summed E-state index contributed by atoms with van der Waals surface area (Å²) in [5.74, 6) is 2.30. The van der Waals surface area contributed by atoms with Crippen LogP contribution in [0.2, 0.25) is 5.15 Å². The minimum Gasteiger partial charge on any atom is -0.353 e. The standard InChI is InChI=1S/C8H12ClN3S/c1-5-3-12(4-6(5)2)8-7(9)10-13-11-8/h5-6H,3-4H2,1-2H3. The third-order valence-electron chi connectivity index (χ3n) is 2.72. The van der Waals surface area contributed by atoms with Gasteiger partial charge in [0.1, 0.15) is 0 Å². The Morgan fingerprint density at radius 1 is 1.31 bits per heavy atom. The summed E-state index contributed by atoms with van der Waals surface area (Å²) < 4.78 is 8.16. The molecule has 1 fully saturated rings. The second kappa shape index (κ2) is 3.42. The van der Waals surface area contributed by atoms with Crippen molar-refractivity contribution in [2.24, 2.45) is 11.8 Å². The molecule has 0 amide bonds. The van der Waals surface area contributed by atoms with Crippen molar-refractivity contribution in [1.29, 1.82) is 0 Å². The molecule has 2 atom stereocenters. The number of halogens is 1. The molecule has 72 valence electrons. The molecule has 1 aromatic rings. The molecule has 2 unspecified atom stereocenters. The average Bonchev–Trinajstić information content (AvgIpc) is 2.60. The maximum atomic E-state index is 5.91. The Morgan fingerprint density at radius 2 is 1.92 bits per heavy atom. The number of hydrogen-bond donors (Lipinski definition) is 0. The summed E-state index contributed by atoms with van der Waals surface area (Å²) >= 11 is 7.09. The summed E-state index contributed by atoms with van der Waals surface area (Å²) in [7, 11) is 0. The van der Waals surface area contributed by atoms with Gasteiger partial charge < -0.3 is 4.90 Å². The molecule has 0 radical (unpaired) electrons. The van der Waals surface area contributed by atoms with Crippen molar-refractivity contribution in [1.82, 2.24) is 8.75 Å². The van der Waals surface area contributed by atoms with E-state index in [-0.39, 0.29) is 0 Å². The van der Waals surface area contributed by atoms with Gasteiger partial charge >= 0.3 is 0 Å². The zero-order chi connectivity index (χ0) is 9.42. The highest BCUT2D eigenvalue weighted by Gasteiger charge is 2.28. The second-order valence-corrected chi connectivity index (χ2v) is 4.62. The van der Waals surface area contributed by atoms with Gasteiger partial charge in [-0.3, -0.25) is 0 Å². The first-order valence-corrected chi connectivity index (χ1v) is 5.52. The first kappa shape index (κ1) is 9.21. The van der Waals surface area contributed by atoms with Crippen molar-refractivity contribution < 1.29 is 0 Å². The van der Waals surface area contributed by atoms with E-state index in [0.29, 0.717) is 5.15 Å². The molecule has 1 saturated heterocycles. The molecule has 3 nitrogen and oxygen atoms in total. The predicted molar refractivity (Wildman–Crippen MR) is 55.5 cm³/mol. The van der Waals surface area contributed by atoms with E-state index in [1.165, 1.54) is 11.7 Å². The van der Waals surface area contributed by atoms with Crippen LogP contribution in [-0.4, -0.2) is 21.8 Å². The molecular formula is C8H12ClN3S. The predicted octanol–water partition coefficient (Wildman–Crippen LogP) is 2.28. The van der Waals surface area contributed by atoms with Gasteiger partial charge in [-0.2, -0.15) is 8.75 Å². The topological polar surface area (TPSA) is 29.0 Å². The van der Waals surface area contributed by atoms with E-state index in [1.54, 1.807) is 0 Å². The number of rotatable bonds is 1. The normalized spacial score (nSPS) is 28.4. The Bertz CT molecular complexity index is 291. The molecular weight excluding hydrogens is 206 g/mol. The molecule has 1 aliphatic heterocycles. The fourth-order valence-corrected chi connectivity index (χ4v) is 2.44. The molecule has 0 aliphatic carbocycles. The average molecular weight is 218 g/mol. The van der Waals surface area contributed by atoms with E-state index < -0.39 is 0 Å². The fraction of sp³-hybridized carbons (Fsp3) is 0.750. The van der Waals surface area contributed by atoms with Crippen molar-refractivity contribution in [3.63, 3.8) is 0 Å². The molecule has 0 bridgehead atoms. The van der Waals surface area contributed by atoms with Gasteiger partial charge in [0.2, 0.25) is 0 Å². The van der Waals surface area contributed by atoms with E-state index in [9.17, 15) is 0 Å².